The molecule has 1 atom stereocenters. The number of rotatable bonds is 2. The fourth-order valence-electron chi connectivity index (χ4n) is 5.10. The summed E-state index contributed by atoms with van der Waals surface area (Å²) in [5.74, 6) is 1.22. The van der Waals surface area contributed by atoms with Crippen molar-refractivity contribution >= 4 is 40.6 Å². The van der Waals surface area contributed by atoms with Crippen molar-refractivity contribution in [3.05, 3.63) is 40.6 Å². The number of anilines is 2. The molecule has 0 bridgehead atoms. The summed E-state index contributed by atoms with van der Waals surface area (Å²) in [6.07, 6.45) is 9.50. The molecule has 4 N–H and O–H groups in total. The predicted molar refractivity (Wildman–Crippen MR) is 119 cm³/mol. The third-order valence-corrected chi connectivity index (χ3v) is 7.61. The molecule has 1 unspecified atom stereocenters. The van der Waals surface area contributed by atoms with E-state index in [9.17, 15) is 0 Å². The summed E-state index contributed by atoms with van der Waals surface area (Å²) in [5, 5.41) is 0.932. The van der Waals surface area contributed by atoms with E-state index in [-0.39, 0.29) is 0 Å². The van der Waals surface area contributed by atoms with E-state index in [1.807, 2.05) is 22.7 Å². The molecular formula is C21H24Cl2N6. The number of hydrogen-bond donors (Lipinski definition) is 2. The van der Waals surface area contributed by atoms with Gasteiger partial charge in [-0.15, -0.1) is 0 Å². The summed E-state index contributed by atoms with van der Waals surface area (Å²) in [4.78, 5) is 11.6. The SMILES string of the molecule is Nc1nc(N2CCC3(CCCC3N)CC2)n2ccnc2c1-c1cccc(Cl)c1Cl. The second kappa shape index (κ2) is 7.04. The molecule has 5 rings (SSSR count). The topological polar surface area (TPSA) is 85.5 Å². The van der Waals surface area contributed by atoms with E-state index in [1.165, 1.54) is 12.8 Å². The van der Waals surface area contributed by atoms with E-state index in [4.69, 9.17) is 39.7 Å². The summed E-state index contributed by atoms with van der Waals surface area (Å²) in [6, 6.07) is 5.82. The lowest BCUT2D eigenvalue weighted by Gasteiger charge is -2.42. The van der Waals surface area contributed by atoms with Crippen LogP contribution in [0.5, 0.6) is 0 Å². The number of nitrogen functional groups attached to an aromatic ring is 1. The molecule has 29 heavy (non-hydrogen) atoms. The maximum Gasteiger partial charge on any atom is 0.213 e. The minimum atomic E-state index is 0.296. The van der Waals surface area contributed by atoms with Crippen LogP contribution in [0, 0.1) is 5.41 Å². The number of halogens is 2. The molecule has 3 aromatic rings. The Morgan fingerprint density at radius 2 is 1.93 bits per heavy atom. The minimum Gasteiger partial charge on any atom is -0.383 e. The number of nitrogens with zero attached hydrogens (tertiary/aromatic N) is 4. The molecule has 1 spiro atoms. The smallest absolute Gasteiger partial charge is 0.213 e. The first kappa shape index (κ1) is 19.0. The van der Waals surface area contributed by atoms with Gasteiger partial charge in [0.1, 0.15) is 5.82 Å². The summed E-state index contributed by atoms with van der Waals surface area (Å²) in [6.45, 7) is 1.84. The highest BCUT2D eigenvalue weighted by molar-refractivity contribution is 6.44. The quantitative estimate of drug-likeness (QED) is 0.629. The van der Waals surface area contributed by atoms with Crippen molar-refractivity contribution in [3.63, 3.8) is 0 Å². The highest BCUT2D eigenvalue weighted by atomic mass is 35.5. The molecule has 6 nitrogen and oxygen atoms in total. The number of benzene rings is 1. The second-order valence-electron chi connectivity index (χ2n) is 8.24. The Balaban J connectivity index is 1.54. The lowest BCUT2D eigenvalue weighted by atomic mass is 9.74. The van der Waals surface area contributed by atoms with E-state index in [0.29, 0.717) is 32.9 Å². The van der Waals surface area contributed by atoms with Crippen molar-refractivity contribution in [1.82, 2.24) is 14.4 Å². The Kier molecular flexibility index (Phi) is 4.61. The van der Waals surface area contributed by atoms with Crippen molar-refractivity contribution in [3.8, 4) is 11.1 Å². The zero-order valence-corrected chi connectivity index (χ0v) is 17.6. The number of imidazole rings is 1. The standard InChI is InChI=1S/C21H24Cl2N6/c22-14-4-1-3-13(17(14)23)16-18(25)27-20(29-12-9-26-19(16)29)28-10-7-21(8-11-28)6-2-5-15(21)24/h1,3-4,9,12,15H,2,5-8,10-11,24-25H2. The van der Waals surface area contributed by atoms with Crippen LogP contribution in [-0.2, 0) is 0 Å². The summed E-state index contributed by atoms with van der Waals surface area (Å²) in [5.41, 5.74) is 15.3. The molecule has 0 amide bonds. The van der Waals surface area contributed by atoms with Crippen LogP contribution in [0.25, 0.3) is 16.8 Å². The van der Waals surface area contributed by atoms with E-state index in [1.54, 1.807) is 12.3 Å². The molecule has 1 aliphatic heterocycles. The molecular weight excluding hydrogens is 407 g/mol. The summed E-state index contributed by atoms with van der Waals surface area (Å²) in [7, 11) is 0. The van der Waals surface area contributed by atoms with Crippen LogP contribution in [0.3, 0.4) is 0 Å². The van der Waals surface area contributed by atoms with Gasteiger partial charge in [0.05, 0.1) is 15.6 Å². The largest absolute Gasteiger partial charge is 0.383 e. The zero-order valence-electron chi connectivity index (χ0n) is 16.1. The third-order valence-electron chi connectivity index (χ3n) is 6.80. The molecule has 152 valence electrons. The van der Waals surface area contributed by atoms with Gasteiger partial charge < -0.3 is 16.4 Å². The maximum atomic E-state index is 6.46. The van der Waals surface area contributed by atoms with Crippen molar-refractivity contribution in [2.24, 2.45) is 11.1 Å². The molecule has 1 saturated heterocycles. The molecule has 2 aliphatic rings. The van der Waals surface area contributed by atoms with Crippen LogP contribution >= 0.6 is 23.2 Å². The molecule has 1 saturated carbocycles. The van der Waals surface area contributed by atoms with Gasteiger partial charge in [0.25, 0.3) is 0 Å². The minimum absolute atomic E-state index is 0.296. The van der Waals surface area contributed by atoms with E-state index in [0.717, 1.165) is 49.5 Å². The first-order valence-corrected chi connectivity index (χ1v) is 10.8. The number of nitrogens with two attached hydrogens (primary N) is 2. The Morgan fingerprint density at radius 3 is 2.66 bits per heavy atom. The molecule has 2 fully saturated rings. The molecule has 1 aromatic carbocycles. The normalized spacial score (nSPS) is 21.3. The van der Waals surface area contributed by atoms with E-state index >= 15 is 0 Å². The Labute approximate surface area is 179 Å². The summed E-state index contributed by atoms with van der Waals surface area (Å²) < 4.78 is 2.00. The van der Waals surface area contributed by atoms with Gasteiger partial charge in [-0.3, -0.25) is 4.40 Å². The van der Waals surface area contributed by atoms with Gasteiger partial charge in [-0.1, -0.05) is 41.8 Å². The number of fused-ring (bicyclic) bond motifs is 1. The Morgan fingerprint density at radius 1 is 1.14 bits per heavy atom. The molecule has 0 radical (unpaired) electrons. The average Bonchev–Trinajstić information content (AvgIpc) is 3.33. The van der Waals surface area contributed by atoms with Gasteiger partial charge in [0, 0.05) is 37.1 Å². The van der Waals surface area contributed by atoms with Crippen molar-refractivity contribution in [2.45, 2.75) is 38.1 Å². The fourth-order valence-corrected chi connectivity index (χ4v) is 5.49. The highest BCUT2D eigenvalue weighted by Gasteiger charge is 2.43. The van der Waals surface area contributed by atoms with Gasteiger partial charge in [0.2, 0.25) is 5.95 Å². The highest BCUT2D eigenvalue weighted by Crippen LogP contribution is 2.46. The summed E-state index contributed by atoms with van der Waals surface area (Å²) >= 11 is 12.7. The van der Waals surface area contributed by atoms with Crippen LogP contribution < -0.4 is 16.4 Å². The van der Waals surface area contributed by atoms with Gasteiger partial charge in [-0.2, -0.15) is 4.98 Å². The van der Waals surface area contributed by atoms with Crippen molar-refractivity contribution in [1.29, 1.82) is 0 Å². The lowest BCUT2D eigenvalue weighted by molar-refractivity contribution is 0.197. The van der Waals surface area contributed by atoms with Crippen LogP contribution in [0.4, 0.5) is 11.8 Å². The second-order valence-corrected chi connectivity index (χ2v) is 9.03. The van der Waals surface area contributed by atoms with Crippen LogP contribution in [0.1, 0.15) is 32.1 Å². The molecule has 1 aliphatic carbocycles. The molecule has 3 heterocycles. The van der Waals surface area contributed by atoms with E-state index < -0.39 is 0 Å². The van der Waals surface area contributed by atoms with Gasteiger partial charge in [-0.25, -0.2) is 4.98 Å². The number of hydrogen-bond acceptors (Lipinski definition) is 5. The number of aromatic nitrogens is 3. The van der Waals surface area contributed by atoms with Crippen LogP contribution in [0.2, 0.25) is 10.0 Å². The van der Waals surface area contributed by atoms with Crippen molar-refractivity contribution in [2.75, 3.05) is 23.7 Å². The predicted octanol–water partition coefficient (Wildman–Crippen LogP) is 4.38. The number of piperidine rings is 1. The lowest BCUT2D eigenvalue weighted by Crippen LogP contribution is -2.47. The Bertz CT molecular complexity index is 1070. The first-order valence-electron chi connectivity index (χ1n) is 10.1. The monoisotopic (exact) mass is 430 g/mol. The molecule has 2 aromatic heterocycles. The fraction of sp³-hybridized carbons (Fsp3) is 0.429. The zero-order chi connectivity index (χ0) is 20.2. The van der Waals surface area contributed by atoms with E-state index in [2.05, 4.69) is 9.88 Å². The molecule has 8 heteroatoms. The Hall–Kier alpha value is -2.02. The third kappa shape index (κ3) is 2.97. The average molecular weight is 431 g/mol. The van der Waals surface area contributed by atoms with Crippen LogP contribution in [-0.4, -0.2) is 33.5 Å². The van der Waals surface area contributed by atoms with Gasteiger partial charge in [0.15, 0.2) is 5.65 Å². The van der Waals surface area contributed by atoms with Gasteiger partial charge in [-0.05, 0) is 37.2 Å². The van der Waals surface area contributed by atoms with Crippen molar-refractivity contribution < 1.29 is 0 Å². The van der Waals surface area contributed by atoms with Crippen LogP contribution in [0.15, 0.2) is 30.6 Å². The first-order chi connectivity index (χ1) is 14.0. The van der Waals surface area contributed by atoms with Gasteiger partial charge >= 0.3 is 0 Å². The maximum absolute atomic E-state index is 6.46.